The van der Waals surface area contributed by atoms with Gasteiger partial charge in [0.05, 0.1) is 0 Å². The van der Waals surface area contributed by atoms with E-state index in [4.69, 9.17) is 0 Å². The van der Waals surface area contributed by atoms with Gasteiger partial charge in [-0.25, -0.2) is 0 Å². The van der Waals surface area contributed by atoms with E-state index in [2.05, 4.69) is 206 Å². The minimum Gasteiger partial charge on any atom is -0.0622 e. The standard InChI is InChI=1S/C54H34/c1-2-12-35(13-3-1)36-22-26-38(27-23-36)53-48-18-8-10-20-50(48)54(51-21-11-9-19-49(51)53)41-29-25-37-24-28-39(32-42(37)33-41)40-30-31-47-45-16-5-4-14-43(45)44-15-6-7-17-46(44)52(47)34-40/h1-34H. The molecule has 0 aromatic heterocycles. The average Bonchev–Trinajstić information content (AvgIpc) is 3.25. The molecular formula is C54H34. The Bertz CT molecular complexity index is 3150. The van der Waals surface area contributed by atoms with E-state index in [9.17, 15) is 0 Å². The lowest BCUT2D eigenvalue weighted by Gasteiger charge is -2.18. The average molecular weight is 683 g/mol. The van der Waals surface area contributed by atoms with Gasteiger partial charge in [0.15, 0.2) is 0 Å². The van der Waals surface area contributed by atoms with Crippen LogP contribution in [0.25, 0.3) is 109 Å². The summed E-state index contributed by atoms with van der Waals surface area (Å²) in [6, 6.07) is 76.1. The molecule has 0 amide bonds. The molecule has 0 saturated carbocycles. The first-order valence-corrected chi connectivity index (χ1v) is 18.8. The second-order valence-corrected chi connectivity index (χ2v) is 14.4. The Morgan fingerprint density at radius 1 is 0.167 bits per heavy atom. The molecule has 0 aliphatic carbocycles. The lowest BCUT2D eigenvalue weighted by Crippen LogP contribution is -1.91. The van der Waals surface area contributed by atoms with Gasteiger partial charge in [0.25, 0.3) is 0 Å². The van der Waals surface area contributed by atoms with Crippen LogP contribution in [0.2, 0.25) is 0 Å². The highest BCUT2D eigenvalue weighted by molar-refractivity contribution is 6.26. The van der Waals surface area contributed by atoms with Crippen molar-refractivity contribution >= 4 is 64.6 Å². The molecule has 0 nitrogen and oxygen atoms in total. The molecule has 0 spiro atoms. The summed E-state index contributed by atoms with van der Waals surface area (Å²) in [7, 11) is 0. The van der Waals surface area contributed by atoms with Crippen molar-refractivity contribution in [3.8, 4) is 44.5 Å². The minimum absolute atomic E-state index is 1.22. The van der Waals surface area contributed by atoms with E-state index >= 15 is 0 Å². The van der Waals surface area contributed by atoms with Gasteiger partial charge in [-0.05, 0) is 127 Å². The maximum absolute atomic E-state index is 2.39. The Hall–Kier alpha value is -7.02. The van der Waals surface area contributed by atoms with E-state index in [0.29, 0.717) is 0 Å². The highest BCUT2D eigenvalue weighted by Crippen LogP contribution is 2.45. The quantitative estimate of drug-likeness (QED) is 0.128. The van der Waals surface area contributed by atoms with Gasteiger partial charge in [0, 0.05) is 0 Å². The Balaban J connectivity index is 1.07. The fourth-order valence-electron chi connectivity index (χ4n) is 8.88. The van der Waals surface area contributed by atoms with E-state index in [1.54, 1.807) is 0 Å². The van der Waals surface area contributed by atoms with Crippen LogP contribution in [0.5, 0.6) is 0 Å². The van der Waals surface area contributed by atoms with E-state index in [0.717, 1.165) is 0 Å². The highest BCUT2D eigenvalue weighted by Gasteiger charge is 2.17. The number of hydrogen-bond acceptors (Lipinski definition) is 0. The summed E-state index contributed by atoms with van der Waals surface area (Å²) in [5, 5.41) is 15.3. The van der Waals surface area contributed by atoms with Crippen LogP contribution in [0.4, 0.5) is 0 Å². The number of rotatable bonds is 4. The molecule has 0 aliphatic heterocycles. The van der Waals surface area contributed by atoms with E-state index < -0.39 is 0 Å². The molecule has 0 heterocycles. The van der Waals surface area contributed by atoms with Crippen LogP contribution in [0, 0.1) is 0 Å². The third-order valence-electron chi connectivity index (χ3n) is 11.4. The number of fused-ring (bicyclic) bond motifs is 9. The predicted molar refractivity (Wildman–Crippen MR) is 233 cm³/mol. The molecule has 0 atom stereocenters. The molecule has 11 rings (SSSR count). The first kappa shape index (κ1) is 30.6. The molecule has 250 valence electrons. The maximum atomic E-state index is 2.39. The SMILES string of the molecule is c1ccc(-c2ccc(-c3c4ccccc4c(-c4ccc5ccc(-c6ccc7c8ccccc8c8ccccc8c7c6)cc5c4)c4ccccc34)cc2)cc1. The largest absolute Gasteiger partial charge is 0.0622 e. The zero-order valence-electron chi connectivity index (χ0n) is 29.6. The van der Waals surface area contributed by atoms with E-state index in [1.807, 2.05) is 0 Å². The molecule has 0 aliphatic rings. The van der Waals surface area contributed by atoms with Crippen molar-refractivity contribution in [2.75, 3.05) is 0 Å². The summed E-state index contributed by atoms with van der Waals surface area (Å²) < 4.78 is 0. The number of hydrogen-bond donors (Lipinski definition) is 0. The van der Waals surface area contributed by atoms with E-state index in [-0.39, 0.29) is 0 Å². The summed E-state index contributed by atoms with van der Waals surface area (Å²) in [5.41, 5.74) is 9.94. The molecule has 0 unspecified atom stereocenters. The summed E-state index contributed by atoms with van der Waals surface area (Å²) >= 11 is 0. The van der Waals surface area contributed by atoms with Gasteiger partial charge in [0.2, 0.25) is 0 Å². The van der Waals surface area contributed by atoms with Gasteiger partial charge in [-0.2, -0.15) is 0 Å². The summed E-state index contributed by atoms with van der Waals surface area (Å²) in [6.07, 6.45) is 0. The summed E-state index contributed by atoms with van der Waals surface area (Å²) in [5.74, 6) is 0. The van der Waals surface area contributed by atoms with Crippen LogP contribution in [0.3, 0.4) is 0 Å². The van der Waals surface area contributed by atoms with Gasteiger partial charge in [-0.3, -0.25) is 0 Å². The van der Waals surface area contributed by atoms with Crippen LogP contribution in [-0.4, -0.2) is 0 Å². The molecule has 0 saturated heterocycles. The topological polar surface area (TPSA) is 0 Å². The Kier molecular flexibility index (Phi) is 6.97. The first-order chi connectivity index (χ1) is 26.8. The summed E-state index contributed by atoms with van der Waals surface area (Å²) in [4.78, 5) is 0. The lowest BCUT2D eigenvalue weighted by atomic mass is 9.85. The maximum Gasteiger partial charge on any atom is -0.00262 e. The van der Waals surface area contributed by atoms with E-state index in [1.165, 1.54) is 109 Å². The second kappa shape index (κ2) is 12.3. The van der Waals surface area contributed by atoms with Gasteiger partial charge in [-0.15, -0.1) is 0 Å². The molecular weight excluding hydrogens is 649 g/mol. The molecule has 0 N–H and O–H groups in total. The lowest BCUT2D eigenvalue weighted by molar-refractivity contribution is 1.61. The highest BCUT2D eigenvalue weighted by atomic mass is 14.2. The van der Waals surface area contributed by atoms with Gasteiger partial charge in [0.1, 0.15) is 0 Å². The van der Waals surface area contributed by atoms with Crippen LogP contribution in [-0.2, 0) is 0 Å². The number of benzene rings is 11. The Morgan fingerprint density at radius 3 is 1.09 bits per heavy atom. The third kappa shape index (κ3) is 4.85. The normalized spacial score (nSPS) is 11.7. The minimum atomic E-state index is 1.22. The molecule has 11 aromatic carbocycles. The van der Waals surface area contributed by atoms with Crippen molar-refractivity contribution in [2.45, 2.75) is 0 Å². The van der Waals surface area contributed by atoms with Crippen molar-refractivity contribution in [2.24, 2.45) is 0 Å². The Labute approximate surface area is 314 Å². The molecule has 54 heavy (non-hydrogen) atoms. The first-order valence-electron chi connectivity index (χ1n) is 18.8. The zero-order chi connectivity index (χ0) is 35.6. The van der Waals surface area contributed by atoms with Crippen molar-refractivity contribution in [1.29, 1.82) is 0 Å². The fraction of sp³-hybridized carbons (Fsp3) is 0. The molecule has 0 fully saturated rings. The van der Waals surface area contributed by atoms with Crippen molar-refractivity contribution in [3.63, 3.8) is 0 Å². The van der Waals surface area contributed by atoms with Gasteiger partial charge < -0.3 is 0 Å². The molecule has 0 heteroatoms. The zero-order valence-corrected chi connectivity index (χ0v) is 29.6. The van der Waals surface area contributed by atoms with Crippen LogP contribution >= 0.6 is 0 Å². The summed E-state index contributed by atoms with van der Waals surface area (Å²) in [6.45, 7) is 0. The molecule has 0 bridgehead atoms. The monoisotopic (exact) mass is 682 g/mol. The van der Waals surface area contributed by atoms with Gasteiger partial charge in [-0.1, -0.05) is 188 Å². The van der Waals surface area contributed by atoms with Crippen LogP contribution in [0.15, 0.2) is 206 Å². The van der Waals surface area contributed by atoms with Gasteiger partial charge >= 0.3 is 0 Å². The van der Waals surface area contributed by atoms with Crippen LogP contribution < -0.4 is 0 Å². The predicted octanol–water partition coefficient (Wildman–Crippen LogP) is 15.3. The van der Waals surface area contributed by atoms with Crippen molar-refractivity contribution < 1.29 is 0 Å². The smallest absolute Gasteiger partial charge is 0.00262 e. The second-order valence-electron chi connectivity index (χ2n) is 14.4. The molecule has 0 radical (unpaired) electrons. The van der Waals surface area contributed by atoms with Crippen molar-refractivity contribution in [3.05, 3.63) is 206 Å². The fourth-order valence-corrected chi connectivity index (χ4v) is 8.88. The Morgan fingerprint density at radius 2 is 0.519 bits per heavy atom. The van der Waals surface area contributed by atoms with Crippen molar-refractivity contribution in [1.82, 2.24) is 0 Å². The van der Waals surface area contributed by atoms with Crippen LogP contribution in [0.1, 0.15) is 0 Å². The third-order valence-corrected chi connectivity index (χ3v) is 11.4. The molecule has 11 aromatic rings.